The monoisotopic (exact) mass is 678 g/mol. The Bertz CT molecular complexity index is 1790. The molecule has 0 saturated carbocycles. The lowest BCUT2D eigenvalue weighted by molar-refractivity contribution is -0.145. The Balaban J connectivity index is 1.53. The van der Waals surface area contributed by atoms with Gasteiger partial charge in [-0.1, -0.05) is 87.0 Å². The molecule has 1 aromatic heterocycles. The van der Waals surface area contributed by atoms with E-state index in [4.69, 9.17) is 21.4 Å². The van der Waals surface area contributed by atoms with Crippen LogP contribution in [0.5, 0.6) is 0 Å². The summed E-state index contributed by atoms with van der Waals surface area (Å²) in [4.78, 5) is 35.5. The minimum atomic E-state index is -4.45. The Morgan fingerprint density at radius 3 is 2.27 bits per heavy atom. The molecule has 0 bridgehead atoms. The van der Waals surface area contributed by atoms with E-state index in [1.54, 1.807) is 37.9 Å². The van der Waals surface area contributed by atoms with Gasteiger partial charge in [0, 0.05) is 23.7 Å². The van der Waals surface area contributed by atoms with Crippen molar-refractivity contribution in [1.82, 2.24) is 15.3 Å². The van der Waals surface area contributed by atoms with Crippen LogP contribution in [0.1, 0.15) is 59.3 Å². The second-order valence-corrected chi connectivity index (χ2v) is 12.7. The average molecular weight is 679 g/mol. The first-order chi connectivity index (χ1) is 22.7. The number of hydrogen-bond donors (Lipinski definition) is 2. The predicted octanol–water partition coefficient (Wildman–Crippen LogP) is 7.09. The van der Waals surface area contributed by atoms with Gasteiger partial charge in [0.25, 0.3) is 5.91 Å². The second-order valence-electron chi connectivity index (χ2n) is 12.3. The Morgan fingerprint density at radius 1 is 1.00 bits per heavy atom. The number of carbonyl (C=O) groups excluding carboxylic acids is 2. The van der Waals surface area contributed by atoms with Gasteiger partial charge in [-0.3, -0.25) is 4.79 Å². The number of halogens is 4. The van der Waals surface area contributed by atoms with Crippen molar-refractivity contribution in [2.75, 3.05) is 24.0 Å². The highest BCUT2D eigenvalue weighted by Gasteiger charge is 2.37. The molecule has 2 heterocycles. The van der Waals surface area contributed by atoms with E-state index < -0.39 is 35.1 Å². The molecule has 0 aliphatic carbocycles. The molecule has 4 aromatic rings. The van der Waals surface area contributed by atoms with E-state index in [9.17, 15) is 22.8 Å². The number of carbonyl (C=O) groups is 2. The van der Waals surface area contributed by atoms with Gasteiger partial charge in [0.15, 0.2) is 5.82 Å². The van der Waals surface area contributed by atoms with Gasteiger partial charge in [-0.25, -0.2) is 14.8 Å². The largest absolute Gasteiger partial charge is 0.467 e. The first-order valence-corrected chi connectivity index (χ1v) is 15.4. The van der Waals surface area contributed by atoms with Crippen LogP contribution >= 0.6 is 11.6 Å². The number of nitrogens with zero attached hydrogens (tertiary/aromatic N) is 4. The molecule has 0 saturated heterocycles. The summed E-state index contributed by atoms with van der Waals surface area (Å²) in [7, 11) is 1.25. The van der Waals surface area contributed by atoms with Gasteiger partial charge in [0.05, 0.1) is 24.9 Å². The highest BCUT2D eigenvalue weighted by atomic mass is 35.5. The van der Waals surface area contributed by atoms with Crippen molar-refractivity contribution in [3.05, 3.63) is 118 Å². The number of amides is 1. The number of esters is 1. The van der Waals surface area contributed by atoms with E-state index in [0.717, 1.165) is 29.0 Å². The van der Waals surface area contributed by atoms with Crippen LogP contribution in [0.4, 0.5) is 24.9 Å². The van der Waals surface area contributed by atoms with E-state index in [1.165, 1.54) is 25.4 Å². The number of alkyl halides is 3. The van der Waals surface area contributed by atoms with E-state index in [2.05, 4.69) is 20.6 Å². The molecule has 1 aliphatic rings. The molecule has 5 rings (SSSR count). The van der Waals surface area contributed by atoms with Crippen molar-refractivity contribution in [3.8, 4) is 0 Å². The van der Waals surface area contributed by atoms with Crippen LogP contribution in [0.2, 0.25) is 5.02 Å². The van der Waals surface area contributed by atoms with Gasteiger partial charge < -0.3 is 15.4 Å². The van der Waals surface area contributed by atoms with Crippen LogP contribution in [0.25, 0.3) is 0 Å². The lowest BCUT2D eigenvalue weighted by atomic mass is 9.86. The first-order valence-electron chi connectivity index (χ1n) is 15.1. The summed E-state index contributed by atoms with van der Waals surface area (Å²) in [5.41, 5.74) is 1.73. The normalized spacial score (nSPS) is 15.5. The topological polar surface area (TPSA) is 109 Å². The summed E-state index contributed by atoms with van der Waals surface area (Å²) in [5.74, 6) is -1.15. The fourth-order valence-electron chi connectivity index (χ4n) is 5.23. The third-order valence-electron chi connectivity index (χ3n) is 7.82. The van der Waals surface area contributed by atoms with Gasteiger partial charge in [-0.15, -0.1) is 0 Å². The number of anilines is 2. The third-order valence-corrected chi connectivity index (χ3v) is 8.08. The maximum absolute atomic E-state index is 13.8. The van der Waals surface area contributed by atoms with E-state index in [0.29, 0.717) is 17.1 Å². The number of aromatic nitrogens is 2. The van der Waals surface area contributed by atoms with E-state index >= 15 is 0 Å². The Labute approximate surface area is 281 Å². The molecule has 1 amide bonds. The number of hydrogen-bond acceptors (Lipinski definition) is 8. The second kappa shape index (κ2) is 14.0. The minimum Gasteiger partial charge on any atom is -0.467 e. The highest BCUT2D eigenvalue weighted by molar-refractivity contribution is 6.30. The van der Waals surface area contributed by atoms with Crippen molar-refractivity contribution in [2.45, 2.75) is 45.5 Å². The van der Waals surface area contributed by atoms with Crippen LogP contribution < -0.4 is 15.6 Å². The standard InChI is InChI=1S/C35H34ClF3N6O3/c1-34(2,3)29(32(47)48-4)42-31(46)26-19-41-33(40-18-21-10-14-24(15-11-21)35(37,38)39)43-30(26)45-20-27(22-8-6-5-7-9-22)28(44-45)23-12-16-25(36)17-13-23/h5-17,19,27,29H,18,20H2,1-4H3,(H,42,46)(H,40,41,43)/t27?,29-/m1/s1. The smallest absolute Gasteiger partial charge is 0.416 e. The van der Waals surface area contributed by atoms with Gasteiger partial charge in [-0.05, 0) is 46.4 Å². The quantitative estimate of drug-likeness (QED) is 0.182. The lowest BCUT2D eigenvalue weighted by Crippen LogP contribution is -2.49. The molecule has 2 N–H and O–H groups in total. The van der Waals surface area contributed by atoms with Crippen molar-refractivity contribution in [2.24, 2.45) is 10.5 Å². The van der Waals surface area contributed by atoms with Gasteiger partial charge in [0.2, 0.25) is 5.95 Å². The molecule has 0 radical (unpaired) electrons. The summed E-state index contributed by atoms with van der Waals surface area (Å²) in [6, 6.07) is 20.8. The molecular formula is C35H34ClF3N6O3. The fourth-order valence-corrected chi connectivity index (χ4v) is 5.35. The van der Waals surface area contributed by atoms with Crippen molar-refractivity contribution >= 4 is 41.0 Å². The van der Waals surface area contributed by atoms with Crippen LogP contribution in [-0.4, -0.2) is 47.3 Å². The Hall–Kier alpha value is -4.97. The molecule has 1 unspecified atom stereocenters. The van der Waals surface area contributed by atoms with E-state index in [1.807, 2.05) is 42.5 Å². The molecule has 3 aromatic carbocycles. The molecule has 250 valence electrons. The number of benzene rings is 3. The zero-order valence-electron chi connectivity index (χ0n) is 26.7. The number of methoxy groups -OCH3 is 1. The zero-order chi connectivity index (χ0) is 34.6. The predicted molar refractivity (Wildman–Crippen MR) is 178 cm³/mol. The number of nitrogens with one attached hydrogen (secondary N) is 2. The molecule has 0 fully saturated rings. The molecular weight excluding hydrogens is 645 g/mol. The SMILES string of the molecule is COC(=O)[C@@H](NC(=O)c1cnc(NCc2ccc(C(F)(F)F)cc2)nc1N1CC(c2ccccc2)C(c2ccc(Cl)cc2)=N1)C(C)(C)C. The summed E-state index contributed by atoms with van der Waals surface area (Å²) in [6.45, 7) is 5.83. The maximum atomic E-state index is 13.8. The van der Waals surface area contributed by atoms with Crippen molar-refractivity contribution < 1.29 is 27.5 Å². The van der Waals surface area contributed by atoms with Crippen LogP contribution in [0, 0.1) is 5.41 Å². The average Bonchev–Trinajstić information content (AvgIpc) is 3.51. The Morgan fingerprint density at radius 2 is 1.67 bits per heavy atom. The van der Waals surface area contributed by atoms with Crippen LogP contribution in [0.3, 0.4) is 0 Å². The molecule has 2 atom stereocenters. The number of rotatable bonds is 9. The summed E-state index contributed by atoms with van der Waals surface area (Å²) >= 11 is 6.18. The van der Waals surface area contributed by atoms with Gasteiger partial charge >= 0.3 is 12.1 Å². The lowest BCUT2D eigenvalue weighted by Gasteiger charge is -2.29. The van der Waals surface area contributed by atoms with Gasteiger partial charge in [0.1, 0.15) is 11.6 Å². The van der Waals surface area contributed by atoms with Crippen molar-refractivity contribution in [3.63, 3.8) is 0 Å². The first kappa shape index (κ1) is 34.4. The molecule has 0 spiro atoms. The zero-order valence-corrected chi connectivity index (χ0v) is 27.4. The van der Waals surface area contributed by atoms with Crippen LogP contribution in [-0.2, 0) is 22.3 Å². The summed E-state index contributed by atoms with van der Waals surface area (Å²) in [5, 5.41) is 12.9. The highest BCUT2D eigenvalue weighted by Crippen LogP contribution is 2.34. The molecule has 9 nitrogen and oxygen atoms in total. The summed E-state index contributed by atoms with van der Waals surface area (Å²) in [6.07, 6.45) is -3.12. The molecule has 13 heteroatoms. The Kier molecular flexibility index (Phi) is 10.0. The van der Waals surface area contributed by atoms with E-state index in [-0.39, 0.29) is 29.8 Å². The maximum Gasteiger partial charge on any atom is 0.416 e. The van der Waals surface area contributed by atoms with Crippen molar-refractivity contribution in [1.29, 1.82) is 0 Å². The number of hydrazone groups is 1. The molecule has 48 heavy (non-hydrogen) atoms. The number of ether oxygens (including phenoxy) is 1. The van der Waals surface area contributed by atoms with Gasteiger partial charge in [-0.2, -0.15) is 23.3 Å². The summed E-state index contributed by atoms with van der Waals surface area (Å²) < 4.78 is 44.1. The molecule has 1 aliphatic heterocycles. The minimum absolute atomic E-state index is 0.0566. The third kappa shape index (κ3) is 7.93. The van der Waals surface area contributed by atoms with Crippen LogP contribution in [0.15, 0.2) is 90.2 Å². The fraction of sp³-hybridized carbons (Fsp3) is 0.286.